The Morgan fingerprint density at radius 1 is 1.19 bits per heavy atom. The van der Waals surface area contributed by atoms with Crippen LogP contribution in [0.2, 0.25) is 0 Å². The van der Waals surface area contributed by atoms with Gasteiger partial charge in [-0.1, -0.05) is 12.2 Å². The third kappa shape index (κ3) is 3.38. The van der Waals surface area contributed by atoms with E-state index in [0.29, 0.717) is 22.9 Å². The average molecular weight is 370 g/mol. The Labute approximate surface area is 159 Å². The van der Waals surface area contributed by atoms with Crippen molar-refractivity contribution in [3.63, 3.8) is 0 Å². The molecule has 1 atom stereocenters. The number of fused-ring (bicyclic) bond motifs is 1. The van der Waals surface area contributed by atoms with Gasteiger partial charge in [-0.15, -0.1) is 0 Å². The number of hydrogen-bond acceptors (Lipinski definition) is 4. The molecule has 0 saturated carbocycles. The number of aromatic nitrogens is 2. The van der Waals surface area contributed by atoms with Crippen molar-refractivity contribution < 1.29 is 4.39 Å². The molecule has 1 aliphatic heterocycles. The van der Waals surface area contributed by atoms with Crippen LogP contribution in [0.25, 0.3) is 11.0 Å². The maximum absolute atomic E-state index is 14.8. The standard InChI is InChI=1S/C21H27FN4O/c1-21(2,3)26-9-8-18(27)16-14-17(22)20(23-19(16)26)25-12-10-24(11-13-25)15-6-4-5-7-15/h4,6,8-9,14-15H,5,7,10-13H2,1-3H3. The Morgan fingerprint density at radius 3 is 2.56 bits per heavy atom. The van der Waals surface area contributed by atoms with Crippen LogP contribution in [0.5, 0.6) is 0 Å². The molecule has 2 aromatic rings. The predicted octanol–water partition coefficient (Wildman–Crippen LogP) is 3.13. The van der Waals surface area contributed by atoms with Crippen molar-refractivity contribution in [3.8, 4) is 0 Å². The Hall–Kier alpha value is -2.21. The topological polar surface area (TPSA) is 41.4 Å². The summed E-state index contributed by atoms with van der Waals surface area (Å²) in [5.41, 5.74) is 0.107. The molecule has 1 saturated heterocycles. The van der Waals surface area contributed by atoms with Gasteiger partial charge < -0.3 is 9.47 Å². The van der Waals surface area contributed by atoms with Gasteiger partial charge in [0.25, 0.3) is 0 Å². The zero-order chi connectivity index (χ0) is 19.2. The van der Waals surface area contributed by atoms with Crippen LogP contribution in [-0.2, 0) is 5.54 Å². The summed E-state index contributed by atoms with van der Waals surface area (Å²) in [6.45, 7) is 9.43. The van der Waals surface area contributed by atoms with Gasteiger partial charge in [-0.3, -0.25) is 9.69 Å². The molecule has 3 heterocycles. The highest BCUT2D eigenvalue weighted by molar-refractivity contribution is 5.77. The summed E-state index contributed by atoms with van der Waals surface area (Å²) in [6.07, 6.45) is 8.61. The number of halogens is 1. The maximum atomic E-state index is 14.8. The fourth-order valence-corrected chi connectivity index (χ4v) is 4.09. The lowest BCUT2D eigenvalue weighted by Crippen LogP contribution is -2.50. The highest BCUT2D eigenvalue weighted by Crippen LogP contribution is 2.26. The number of piperazine rings is 1. The molecule has 1 aliphatic carbocycles. The van der Waals surface area contributed by atoms with E-state index in [0.717, 1.165) is 32.6 Å². The Kier molecular flexibility index (Phi) is 4.54. The molecule has 5 nitrogen and oxygen atoms in total. The minimum atomic E-state index is -0.416. The lowest BCUT2D eigenvalue weighted by atomic mass is 10.1. The minimum Gasteiger partial charge on any atom is -0.352 e. The van der Waals surface area contributed by atoms with Crippen molar-refractivity contribution in [1.29, 1.82) is 0 Å². The summed E-state index contributed by atoms with van der Waals surface area (Å²) in [5.74, 6) is -0.0619. The van der Waals surface area contributed by atoms with E-state index in [1.807, 2.05) is 9.47 Å². The molecule has 0 N–H and O–H groups in total. The second kappa shape index (κ2) is 6.75. The van der Waals surface area contributed by atoms with Crippen molar-refractivity contribution in [1.82, 2.24) is 14.5 Å². The van der Waals surface area contributed by atoms with E-state index in [9.17, 15) is 9.18 Å². The molecule has 0 spiro atoms. The van der Waals surface area contributed by atoms with Crippen LogP contribution in [0.3, 0.4) is 0 Å². The SMILES string of the molecule is CC(C)(C)n1ccc(=O)c2cc(F)c(N3CCN(C4C=CCC4)CC3)nc21. The van der Waals surface area contributed by atoms with E-state index in [1.165, 1.54) is 18.6 Å². The first-order valence-corrected chi connectivity index (χ1v) is 9.72. The zero-order valence-corrected chi connectivity index (χ0v) is 16.3. The Balaban J connectivity index is 1.67. The van der Waals surface area contributed by atoms with Gasteiger partial charge in [-0.05, 0) is 39.7 Å². The number of hydrogen-bond donors (Lipinski definition) is 0. The van der Waals surface area contributed by atoms with Gasteiger partial charge in [-0.25, -0.2) is 9.37 Å². The highest BCUT2D eigenvalue weighted by atomic mass is 19.1. The van der Waals surface area contributed by atoms with Gasteiger partial charge in [0.05, 0.1) is 5.39 Å². The lowest BCUT2D eigenvalue weighted by Gasteiger charge is -2.38. The van der Waals surface area contributed by atoms with Crippen molar-refractivity contribution >= 4 is 16.9 Å². The van der Waals surface area contributed by atoms with Crippen LogP contribution < -0.4 is 10.3 Å². The average Bonchev–Trinajstić information content (AvgIpc) is 3.16. The normalized spacial score (nSPS) is 21.3. The molecule has 0 radical (unpaired) electrons. The van der Waals surface area contributed by atoms with Crippen molar-refractivity contribution in [2.75, 3.05) is 31.1 Å². The molecule has 4 rings (SSSR count). The van der Waals surface area contributed by atoms with Gasteiger partial charge in [-0.2, -0.15) is 0 Å². The van der Waals surface area contributed by atoms with E-state index in [1.54, 1.807) is 6.20 Å². The summed E-state index contributed by atoms with van der Waals surface area (Å²) in [6, 6.07) is 3.36. The first-order valence-electron chi connectivity index (χ1n) is 9.72. The summed E-state index contributed by atoms with van der Waals surface area (Å²) >= 11 is 0. The molecule has 0 aromatic carbocycles. The summed E-state index contributed by atoms with van der Waals surface area (Å²) in [5, 5.41) is 0.336. The number of allylic oxidation sites excluding steroid dienone is 1. The number of anilines is 1. The van der Waals surface area contributed by atoms with Gasteiger partial charge in [0.1, 0.15) is 5.65 Å². The molecule has 1 unspecified atom stereocenters. The molecular formula is C21H27FN4O. The largest absolute Gasteiger partial charge is 0.352 e. The summed E-state index contributed by atoms with van der Waals surface area (Å²) in [4.78, 5) is 21.3. The van der Waals surface area contributed by atoms with Crippen molar-refractivity contribution in [3.05, 3.63) is 46.5 Å². The van der Waals surface area contributed by atoms with E-state index >= 15 is 0 Å². The third-order valence-electron chi connectivity index (χ3n) is 5.60. The molecule has 27 heavy (non-hydrogen) atoms. The van der Waals surface area contributed by atoms with Gasteiger partial charge in [0, 0.05) is 50.0 Å². The zero-order valence-electron chi connectivity index (χ0n) is 16.3. The first kappa shape index (κ1) is 18.2. The molecule has 144 valence electrons. The molecule has 6 heteroatoms. The fourth-order valence-electron chi connectivity index (χ4n) is 4.09. The summed E-state index contributed by atoms with van der Waals surface area (Å²) < 4.78 is 16.8. The van der Waals surface area contributed by atoms with Crippen LogP contribution >= 0.6 is 0 Å². The molecule has 0 bridgehead atoms. The quantitative estimate of drug-likeness (QED) is 0.762. The number of rotatable bonds is 2. The molecule has 1 fully saturated rings. The Morgan fingerprint density at radius 2 is 1.93 bits per heavy atom. The van der Waals surface area contributed by atoms with Crippen LogP contribution in [0.4, 0.5) is 10.2 Å². The molecular weight excluding hydrogens is 343 g/mol. The predicted molar refractivity (Wildman–Crippen MR) is 107 cm³/mol. The van der Waals surface area contributed by atoms with Crippen LogP contribution in [0.1, 0.15) is 33.6 Å². The number of pyridine rings is 2. The monoisotopic (exact) mass is 370 g/mol. The first-order chi connectivity index (χ1) is 12.8. The molecule has 0 amide bonds. The van der Waals surface area contributed by atoms with E-state index in [-0.39, 0.29) is 11.0 Å². The van der Waals surface area contributed by atoms with Crippen molar-refractivity contribution in [2.24, 2.45) is 0 Å². The van der Waals surface area contributed by atoms with E-state index in [4.69, 9.17) is 0 Å². The van der Waals surface area contributed by atoms with E-state index in [2.05, 4.69) is 42.8 Å². The molecule has 2 aromatic heterocycles. The molecule has 2 aliphatic rings. The fraction of sp³-hybridized carbons (Fsp3) is 0.524. The minimum absolute atomic E-state index is 0.193. The second-order valence-corrected chi connectivity index (χ2v) is 8.48. The maximum Gasteiger partial charge on any atom is 0.191 e. The van der Waals surface area contributed by atoms with Crippen molar-refractivity contribution in [2.45, 2.75) is 45.2 Å². The van der Waals surface area contributed by atoms with E-state index < -0.39 is 5.82 Å². The van der Waals surface area contributed by atoms with Crippen LogP contribution in [0.15, 0.2) is 35.3 Å². The summed E-state index contributed by atoms with van der Waals surface area (Å²) in [7, 11) is 0. The van der Waals surface area contributed by atoms with Gasteiger partial charge >= 0.3 is 0 Å². The Bertz CT molecular complexity index is 936. The second-order valence-electron chi connectivity index (χ2n) is 8.48. The highest BCUT2D eigenvalue weighted by Gasteiger charge is 2.26. The lowest BCUT2D eigenvalue weighted by molar-refractivity contribution is 0.213. The number of nitrogens with zero attached hydrogens (tertiary/aromatic N) is 4. The van der Waals surface area contributed by atoms with Crippen LogP contribution in [-0.4, -0.2) is 46.7 Å². The third-order valence-corrected chi connectivity index (χ3v) is 5.60. The van der Waals surface area contributed by atoms with Crippen LogP contribution in [0, 0.1) is 5.82 Å². The smallest absolute Gasteiger partial charge is 0.191 e. The van der Waals surface area contributed by atoms with Gasteiger partial charge in [0.15, 0.2) is 17.1 Å². The van der Waals surface area contributed by atoms with Gasteiger partial charge in [0.2, 0.25) is 0 Å².